The van der Waals surface area contributed by atoms with Gasteiger partial charge in [0.2, 0.25) is 0 Å². The fourth-order valence-electron chi connectivity index (χ4n) is 1.94. The van der Waals surface area contributed by atoms with Gasteiger partial charge in [-0.25, -0.2) is 4.39 Å². The number of rotatable bonds is 3. The lowest BCUT2D eigenvalue weighted by molar-refractivity contribution is 0.190. The van der Waals surface area contributed by atoms with Crippen LogP contribution in [0.4, 0.5) is 4.39 Å². The van der Waals surface area contributed by atoms with Crippen molar-refractivity contribution >= 4 is 0 Å². The molecule has 1 heterocycles. The Kier molecular flexibility index (Phi) is 3.29. The lowest BCUT2D eigenvalue weighted by Gasteiger charge is -2.13. The van der Waals surface area contributed by atoms with Crippen molar-refractivity contribution in [3.05, 3.63) is 59.2 Å². The van der Waals surface area contributed by atoms with Gasteiger partial charge in [-0.3, -0.25) is 0 Å². The van der Waals surface area contributed by atoms with Crippen molar-refractivity contribution in [2.75, 3.05) is 0 Å². The van der Waals surface area contributed by atoms with Crippen molar-refractivity contribution in [1.82, 2.24) is 4.57 Å². The van der Waals surface area contributed by atoms with Gasteiger partial charge in [-0.1, -0.05) is 6.07 Å². The van der Waals surface area contributed by atoms with Crippen LogP contribution >= 0.6 is 0 Å². The minimum absolute atomic E-state index is 0.226. The molecule has 2 nitrogen and oxygen atoms in total. The highest BCUT2D eigenvalue weighted by molar-refractivity contribution is 5.27. The van der Waals surface area contributed by atoms with Gasteiger partial charge in [-0.15, -0.1) is 0 Å². The molecule has 0 spiro atoms. The molecule has 1 atom stereocenters. The molecule has 1 N–H and O–H groups in total. The van der Waals surface area contributed by atoms with E-state index in [9.17, 15) is 9.50 Å². The number of aromatic nitrogens is 1. The predicted molar refractivity (Wildman–Crippen MR) is 65.3 cm³/mol. The molecule has 0 aliphatic heterocycles. The van der Waals surface area contributed by atoms with Crippen LogP contribution in [-0.2, 0) is 6.54 Å². The first-order valence-corrected chi connectivity index (χ1v) is 5.66. The van der Waals surface area contributed by atoms with Crippen molar-refractivity contribution in [3.8, 4) is 0 Å². The summed E-state index contributed by atoms with van der Waals surface area (Å²) in [5.41, 5.74) is 2.83. The molecule has 0 aliphatic rings. The topological polar surface area (TPSA) is 25.2 Å². The van der Waals surface area contributed by atoms with Crippen LogP contribution in [0.5, 0.6) is 0 Å². The molecular weight excluding hydrogens is 217 g/mol. The van der Waals surface area contributed by atoms with Crippen LogP contribution in [-0.4, -0.2) is 9.67 Å². The predicted octanol–water partition coefficient (Wildman–Crippen LogP) is 3.04. The van der Waals surface area contributed by atoms with Crippen LogP contribution in [0.15, 0.2) is 36.5 Å². The Hall–Kier alpha value is -1.61. The summed E-state index contributed by atoms with van der Waals surface area (Å²) in [6, 6.07) is 8.54. The highest BCUT2D eigenvalue weighted by Crippen LogP contribution is 2.17. The summed E-state index contributed by atoms with van der Waals surface area (Å²) in [6.45, 7) is 4.27. The second-order valence-corrected chi connectivity index (χ2v) is 4.31. The average molecular weight is 233 g/mol. The molecule has 90 valence electrons. The van der Waals surface area contributed by atoms with Gasteiger partial charge < -0.3 is 9.67 Å². The average Bonchev–Trinajstić information content (AvgIpc) is 2.71. The quantitative estimate of drug-likeness (QED) is 0.866. The Labute approximate surface area is 100 Å². The number of hydrogen-bond acceptors (Lipinski definition) is 1. The van der Waals surface area contributed by atoms with Gasteiger partial charge >= 0.3 is 0 Å². The number of benzene rings is 1. The van der Waals surface area contributed by atoms with Crippen molar-refractivity contribution in [2.24, 2.45) is 0 Å². The van der Waals surface area contributed by atoms with E-state index in [1.54, 1.807) is 19.1 Å². The summed E-state index contributed by atoms with van der Waals surface area (Å²) in [7, 11) is 0. The van der Waals surface area contributed by atoms with E-state index in [2.05, 4.69) is 0 Å². The zero-order valence-electron chi connectivity index (χ0n) is 10.0. The van der Waals surface area contributed by atoms with E-state index in [1.807, 2.05) is 29.8 Å². The van der Waals surface area contributed by atoms with Crippen molar-refractivity contribution in [1.29, 1.82) is 0 Å². The zero-order valence-corrected chi connectivity index (χ0v) is 10.0. The number of aliphatic hydroxyl groups is 1. The fourth-order valence-corrected chi connectivity index (χ4v) is 1.94. The third-order valence-corrected chi connectivity index (χ3v) is 2.94. The van der Waals surface area contributed by atoms with Crippen molar-refractivity contribution in [3.63, 3.8) is 0 Å². The number of aliphatic hydroxyl groups excluding tert-OH is 1. The molecule has 0 bridgehead atoms. The Morgan fingerprint density at radius 1 is 1.35 bits per heavy atom. The molecule has 1 aromatic carbocycles. The molecule has 1 unspecified atom stereocenters. The van der Waals surface area contributed by atoms with E-state index in [4.69, 9.17) is 0 Å². The van der Waals surface area contributed by atoms with Gasteiger partial charge in [0, 0.05) is 18.4 Å². The highest BCUT2D eigenvalue weighted by atomic mass is 19.1. The first-order valence-electron chi connectivity index (χ1n) is 5.66. The van der Waals surface area contributed by atoms with Gasteiger partial charge in [0.05, 0.1) is 6.10 Å². The molecule has 2 aromatic rings. The Balaban J connectivity index is 2.31. The van der Waals surface area contributed by atoms with Crippen LogP contribution in [0.2, 0.25) is 0 Å². The second kappa shape index (κ2) is 4.72. The van der Waals surface area contributed by atoms with Gasteiger partial charge in [0.15, 0.2) is 0 Å². The van der Waals surface area contributed by atoms with Gasteiger partial charge in [0.25, 0.3) is 0 Å². The number of halogens is 1. The maximum Gasteiger partial charge on any atom is 0.123 e. The fraction of sp³-hybridized carbons (Fsp3) is 0.286. The SMILES string of the molecule is Cc1ccc(F)cc1Cn1cccc1C(C)O. The van der Waals surface area contributed by atoms with E-state index >= 15 is 0 Å². The van der Waals surface area contributed by atoms with Crippen LogP contribution in [0, 0.1) is 12.7 Å². The maximum atomic E-state index is 13.2. The minimum atomic E-state index is -0.515. The number of hydrogen-bond donors (Lipinski definition) is 1. The summed E-state index contributed by atoms with van der Waals surface area (Å²) in [5, 5.41) is 9.60. The smallest absolute Gasteiger partial charge is 0.123 e. The van der Waals surface area contributed by atoms with Crippen molar-refractivity contribution in [2.45, 2.75) is 26.5 Å². The van der Waals surface area contributed by atoms with E-state index < -0.39 is 6.10 Å². The van der Waals surface area contributed by atoms with Crippen molar-refractivity contribution < 1.29 is 9.50 Å². The third kappa shape index (κ3) is 2.56. The molecule has 3 heteroatoms. The maximum absolute atomic E-state index is 13.2. The summed E-state index contributed by atoms with van der Waals surface area (Å²) in [5.74, 6) is -0.226. The van der Waals surface area contributed by atoms with E-state index in [-0.39, 0.29) is 5.82 Å². The molecule has 0 saturated heterocycles. The molecule has 0 saturated carbocycles. The normalized spacial score (nSPS) is 12.7. The largest absolute Gasteiger partial charge is 0.387 e. The Bertz CT molecular complexity index is 517. The zero-order chi connectivity index (χ0) is 12.4. The minimum Gasteiger partial charge on any atom is -0.387 e. The Morgan fingerprint density at radius 2 is 2.12 bits per heavy atom. The number of aryl methyl sites for hydroxylation is 1. The van der Waals surface area contributed by atoms with E-state index in [0.29, 0.717) is 6.54 Å². The van der Waals surface area contributed by atoms with Crippen LogP contribution in [0.1, 0.15) is 29.8 Å². The molecule has 0 amide bonds. The molecule has 2 rings (SSSR count). The van der Waals surface area contributed by atoms with Gasteiger partial charge in [-0.05, 0) is 49.2 Å². The van der Waals surface area contributed by atoms with Crippen LogP contribution in [0.25, 0.3) is 0 Å². The summed E-state index contributed by atoms with van der Waals surface area (Å²) < 4.78 is 15.1. The first kappa shape index (κ1) is 11.9. The highest BCUT2D eigenvalue weighted by Gasteiger charge is 2.08. The third-order valence-electron chi connectivity index (χ3n) is 2.94. The standard InChI is InChI=1S/C14H16FNO/c1-10-5-6-13(15)8-12(10)9-16-7-3-4-14(16)11(2)17/h3-8,11,17H,9H2,1-2H3. The summed E-state index contributed by atoms with van der Waals surface area (Å²) in [6.07, 6.45) is 1.38. The van der Waals surface area contributed by atoms with Gasteiger partial charge in [-0.2, -0.15) is 0 Å². The Morgan fingerprint density at radius 3 is 2.82 bits per heavy atom. The molecule has 17 heavy (non-hydrogen) atoms. The van der Waals surface area contributed by atoms with E-state index in [0.717, 1.165) is 16.8 Å². The molecule has 0 radical (unpaired) electrons. The number of nitrogens with zero attached hydrogens (tertiary/aromatic N) is 1. The van der Waals surface area contributed by atoms with Crippen LogP contribution in [0.3, 0.4) is 0 Å². The van der Waals surface area contributed by atoms with Crippen LogP contribution < -0.4 is 0 Å². The summed E-state index contributed by atoms with van der Waals surface area (Å²) >= 11 is 0. The molecule has 0 aliphatic carbocycles. The first-order chi connectivity index (χ1) is 8.08. The lowest BCUT2D eigenvalue weighted by atomic mass is 10.1. The molecular formula is C14H16FNO. The van der Waals surface area contributed by atoms with Gasteiger partial charge in [0.1, 0.15) is 5.82 Å². The summed E-state index contributed by atoms with van der Waals surface area (Å²) in [4.78, 5) is 0. The van der Waals surface area contributed by atoms with E-state index in [1.165, 1.54) is 6.07 Å². The second-order valence-electron chi connectivity index (χ2n) is 4.31. The lowest BCUT2D eigenvalue weighted by Crippen LogP contribution is -2.07. The monoisotopic (exact) mass is 233 g/mol. The molecule has 1 aromatic heterocycles. The molecule has 0 fully saturated rings.